The Hall–Kier alpha value is -3.23. The molecule has 0 fully saturated rings. The molecule has 6 nitrogen and oxygen atoms in total. The number of para-hydroxylation sites is 1. The monoisotopic (exact) mass is 382 g/mol. The quantitative estimate of drug-likeness (QED) is 0.586. The van der Waals surface area contributed by atoms with Gasteiger partial charge in [0.2, 0.25) is 0 Å². The lowest BCUT2D eigenvalue weighted by Gasteiger charge is -2.10. The van der Waals surface area contributed by atoms with E-state index >= 15 is 0 Å². The van der Waals surface area contributed by atoms with Gasteiger partial charge in [-0.2, -0.15) is 13.2 Å². The van der Waals surface area contributed by atoms with Gasteiger partial charge in [-0.1, -0.05) is 17.3 Å². The number of hydrogen-bond donors (Lipinski definition) is 1. The van der Waals surface area contributed by atoms with Gasteiger partial charge in [-0.15, -0.1) is 0 Å². The van der Waals surface area contributed by atoms with Crippen molar-refractivity contribution in [2.24, 2.45) is 5.16 Å². The van der Waals surface area contributed by atoms with Crippen LogP contribution in [0.25, 0.3) is 0 Å². The maximum atomic E-state index is 12.7. The molecule has 0 bridgehead atoms. The first-order valence-corrected chi connectivity index (χ1v) is 7.68. The van der Waals surface area contributed by atoms with Crippen molar-refractivity contribution in [2.45, 2.75) is 6.18 Å². The summed E-state index contributed by atoms with van der Waals surface area (Å²) in [6.07, 6.45) is -3.16. The summed E-state index contributed by atoms with van der Waals surface area (Å²) in [7, 11) is 2.96. The van der Waals surface area contributed by atoms with Gasteiger partial charge in [-0.3, -0.25) is 4.79 Å². The standard InChI is InChI=1S/C18H17F3N2O4/c1-25-15-8-3-5-12(17(15)26-2)10-22-27-11-16(24)23-14-7-4-6-13(9-14)18(19,20)21/h3-10H,11H2,1-2H3,(H,23,24)/b22-10-. The summed E-state index contributed by atoms with van der Waals surface area (Å²) in [6, 6.07) is 9.43. The smallest absolute Gasteiger partial charge is 0.416 e. The van der Waals surface area contributed by atoms with Crippen LogP contribution in [-0.2, 0) is 15.8 Å². The Morgan fingerprint density at radius 1 is 1.15 bits per heavy atom. The number of nitrogens with zero attached hydrogens (tertiary/aromatic N) is 1. The molecule has 2 aromatic rings. The minimum Gasteiger partial charge on any atom is -0.493 e. The largest absolute Gasteiger partial charge is 0.493 e. The molecule has 27 heavy (non-hydrogen) atoms. The number of nitrogens with one attached hydrogen (secondary N) is 1. The highest BCUT2D eigenvalue weighted by Crippen LogP contribution is 2.31. The molecule has 0 aliphatic rings. The van der Waals surface area contributed by atoms with Crippen LogP contribution in [0, 0.1) is 0 Å². The molecular formula is C18H17F3N2O4. The van der Waals surface area contributed by atoms with Crippen molar-refractivity contribution in [3.8, 4) is 11.5 Å². The van der Waals surface area contributed by atoms with Crippen LogP contribution in [0.1, 0.15) is 11.1 Å². The number of halogens is 3. The summed E-state index contributed by atoms with van der Waals surface area (Å²) in [5.74, 6) is 0.300. The molecule has 0 unspecified atom stereocenters. The first-order valence-electron chi connectivity index (χ1n) is 7.68. The lowest BCUT2D eigenvalue weighted by molar-refractivity contribution is -0.137. The molecule has 0 aromatic heterocycles. The molecule has 1 amide bonds. The summed E-state index contributed by atoms with van der Waals surface area (Å²) >= 11 is 0. The minimum atomic E-state index is -4.49. The summed E-state index contributed by atoms with van der Waals surface area (Å²) < 4.78 is 48.3. The number of ether oxygens (including phenoxy) is 2. The predicted octanol–water partition coefficient (Wildman–Crippen LogP) is 3.71. The molecule has 0 aliphatic carbocycles. The molecule has 0 saturated carbocycles. The van der Waals surface area contributed by atoms with Crippen LogP contribution in [-0.4, -0.2) is 32.9 Å². The van der Waals surface area contributed by atoms with Crippen molar-refractivity contribution in [1.82, 2.24) is 0 Å². The normalized spacial score (nSPS) is 11.3. The number of rotatable bonds is 7. The second-order valence-electron chi connectivity index (χ2n) is 5.22. The third-order valence-electron chi connectivity index (χ3n) is 3.37. The molecule has 0 radical (unpaired) electrons. The number of alkyl halides is 3. The molecule has 0 atom stereocenters. The van der Waals surface area contributed by atoms with E-state index in [1.807, 2.05) is 0 Å². The number of benzene rings is 2. The van der Waals surface area contributed by atoms with Crippen molar-refractivity contribution in [2.75, 3.05) is 26.1 Å². The van der Waals surface area contributed by atoms with E-state index in [1.165, 1.54) is 32.6 Å². The molecule has 9 heteroatoms. The van der Waals surface area contributed by atoms with Gasteiger partial charge in [0.25, 0.3) is 5.91 Å². The fourth-order valence-electron chi connectivity index (χ4n) is 2.17. The van der Waals surface area contributed by atoms with E-state index in [4.69, 9.17) is 14.3 Å². The van der Waals surface area contributed by atoms with E-state index in [0.717, 1.165) is 12.1 Å². The average molecular weight is 382 g/mol. The molecule has 0 heterocycles. The van der Waals surface area contributed by atoms with Crippen molar-refractivity contribution >= 4 is 17.8 Å². The van der Waals surface area contributed by atoms with E-state index in [2.05, 4.69) is 10.5 Å². The maximum absolute atomic E-state index is 12.7. The van der Waals surface area contributed by atoms with Crippen LogP contribution in [0.3, 0.4) is 0 Å². The fourth-order valence-corrected chi connectivity index (χ4v) is 2.17. The third kappa shape index (κ3) is 5.63. The Balaban J connectivity index is 1.93. The Bertz CT molecular complexity index is 822. The topological polar surface area (TPSA) is 69.2 Å². The van der Waals surface area contributed by atoms with Crippen molar-refractivity contribution in [1.29, 1.82) is 0 Å². The van der Waals surface area contributed by atoms with Gasteiger partial charge < -0.3 is 19.6 Å². The highest BCUT2D eigenvalue weighted by Gasteiger charge is 2.30. The van der Waals surface area contributed by atoms with Gasteiger partial charge >= 0.3 is 6.18 Å². The highest BCUT2D eigenvalue weighted by atomic mass is 19.4. The van der Waals surface area contributed by atoms with Gasteiger partial charge in [0, 0.05) is 11.3 Å². The molecule has 0 aliphatic heterocycles. The van der Waals surface area contributed by atoms with E-state index < -0.39 is 24.3 Å². The van der Waals surface area contributed by atoms with Crippen LogP contribution >= 0.6 is 0 Å². The second-order valence-corrected chi connectivity index (χ2v) is 5.22. The molecule has 2 aromatic carbocycles. The van der Waals surface area contributed by atoms with E-state index in [-0.39, 0.29) is 5.69 Å². The summed E-state index contributed by atoms with van der Waals surface area (Å²) in [6.45, 7) is -0.473. The van der Waals surface area contributed by atoms with Crippen LogP contribution in [0.2, 0.25) is 0 Å². The fraction of sp³-hybridized carbons (Fsp3) is 0.222. The molecule has 0 saturated heterocycles. The van der Waals surface area contributed by atoms with Gasteiger partial charge in [-0.25, -0.2) is 0 Å². The second kappa shape index (κ2) is 8.93. The first kappa shape index (κ1) is 20.1. The lowest BCUT2D eigenvalue weighted by Crippen LogP contribution is -2.17. The molecular weight excluding hydrogens is 365 g/mol. The molecule has 1 N–H and O–H groups in total. The SMILES string of the molecule is COc1cccc(/C=N\OCC(=O)Nc2cccc(C(F)(F)F)c2)c1OC. The minimum absolute atomic E-state index is 0.0110. The number of carbonyl (C=O) groups is 1. The number of amides is 1. The Morgan fingerprint density at radius 2 is 1.89 bits per heavy atom. The van der Waals surface area contributed by atoms with E-state index in [9.17, 15) is 18.0 Å². The predicted molar refractivity (Wildman–Crippen MR) is 93.2 cm³/mol. The van der Waals surface area contributed by atoms with Crippen LogP contribution in [0.4, 0.5) is 18.9 Å². The van der Waals surface area contributed by atoms with E-state index in [0.29, 0.717) is 17.1 Å². The van der Waals surface area contributed by atoms with Gasteiger partial charge in [0.15, 0.2) is 18.1 Å². The molecule has 2 rings (SSSR count). The lowest BCUT2D eigenvalue weighted by atomic mass is 10.2. The third-order valence-corrected chi connectivity index (χ3v) is 3.37. The van der Waals surface area contributed by atoms with Gasteiger partial charge in [0.1, 0.15) is 0 Å². The molecule has 144 valence electrons. The van der Waals surface area contributed by atoms with Gasteiger partial charge in [0.05, 0.1) is 26.0 Å². The highest BCUT2D eigenvalue weighted by molar-refractivity contribution is 5.92. The Labute approximate surface area is 153 Å². The van der Waals surface area contributed by atoms with Crippen molar-refractivity contribution in [3.05, 3.63) is 53.6 Å². The first-order chi connectivity index (χ1) is 12.8. The number of methoxy groups -OCH3 is 2. The summed E-state index contributed by atoms with van der Waals surface area (Å²) in [4.78, 5) is 16.7. The maximum Gasteiger partial charge on any atom is 0.416 e. The van der Waals surface area contributed by atoms with Crippen molar-refractivity contribution in [3.63, 3.8) is 0 Å². The van der Waals surface area contributed by atoms with Crippen molar-refractivity contribution < 1.29 is 32.3 Å². The summed E-state index contributed by atoms with van der Waals surface area (Å²) in [5, 5.41) is 5.97. The van der Waals surface area contributed by atoms with E-state index in [1.54, 1.807) is 18.2 Å². The van der Waals surface area contributed by atoms with Gasteiger partial charge in [-0.05, 0) is 30.3 Å². The number of oxime groups is 1. The molecule has 0 spiro atoms. The van der Waals surface area contributed by atoms with Crippen LogP contribution in [0.15, 0.2) is 47.6 Å². The zero-order valence-electron chi connectivity index (χ0n) is 14.5. The Kier molecular flexibility index (Phi) is 6.64. The number of carbonyl (C=O) groups excluding carboxylic acids is 1. The average Bonchev–Trinajstić information content (AvgIpc) is 2.64. The zero-order chi connectivity index (χ0) is 19.9. The zero-order valence-corrected chi connectivity index (χ0v) is 14.5. The number of anilines is 1. The Morgan fingerprint density at radius 3 is 2.56 bits per heavy atom. The van der Waals surface area contributed by atoms with Crippen LogP contribution < -0.4 is 14.8 Å². The summed E-state index contributed by atoms with van der Waals surface area (Å²) in [5.41, 5.74) is -0.281. The van der Waals surface area contributed by atoms with Crippen LogP contribution in [0.5, 0.6) is 11.5 Å². The number of hydrogen-bond acceptors (Lipinski definition) is 5.